The van der Waals surface area contributed by atoms with Crippen LogP contribution in [0.3, 0.4) is 0 Å². The monoisotopic (exact) mass is 372 g/mol. The lowest BCUT2D eigenvalue weighted by Gasteiger charge is -2.10. The van der Waals surface area contributed by atoms with Gasteiger partial charge in [0.2, 0.25) is 0 Å². The normalized spacial score (nSPS) is 15.1. The number of nitrogens with zero attached hydrogens (tertiary/aromatic N) is 1. The Hall–Kier alpha value is -2.95. The summed E-state index contributed by atoms with van der Waals surface area (Å²) in [7, 11) is 0. The lowest BCUT2D eigenvalue weighted by molar-refractivity contribution is -0.115. The van der Waals surface area contributed by atoms with Crippen molar-refractivity contribution in [2.75, 3.05) is 0 Å². The zero-order chi connectivity index (χ0) is 18.0. The SMILES string of the molecule is N#Cc1ccc(Oc2ccc(/C=C3\SC(=O)NC3=O)cc2O)c(Cl)c1. The number of nitriles is 1. The highest BCUT2D eigenvalue weighted by atomic mass is 35.5. The number of phenolic OH excluding ortho intramolecular Hbond substituents is 1. The van der Waals surface area contributed by atoms with Gasteiger partial charge in [-0.25, -0.2) is 0 Å². The van der Waals surface area contributed by atoms with Crippen LogP contribution in [0, 0.1) is 11.3 Å². The Kier molecular flexibility index (Phi) is 4.65. The number of carbonyl (C=O) groups is 2. The quantitative estimate of drug-likeness (QED) is 0.789. The molecule has 2 amide bonds. The van der Waals surface area contributed by atoms with Gasteiger partial charge in [0.15, 0.2) is 11.5 Å². The Balaban J connectivity index is 1.83. The van der Waals surface area contributed by atoms with E-state index in [1.54, 1.807) is 12.1 Å². The first-order chi connectivity index (χ1) is 12.0. The van der Waals surface area contributed by atoms with Crippen LogP contribution in [0.15, 0.2) is 41.3 Å². The van der Waals surface area contributed by atoms with Crippen LogP contribution in [-0.2, 0) is 4.79 Å². The molecule has 8 heteroatoms. The van der Waals surface area contributed by atoms with Gasteiger partial charge in [-0.15, -0.1) is 0 Å². The van der Waals surface area contributed by atoms with Gasteiger partial charge in [-0.1, -0.05) is 17.7 Å². The van der Waals surface area contributed by atoms with Crippen molar-refractivity contribution in [2.24, 2.45) is 0 Å². The Labute approximate surface area is 151 Å². The molecule has 1 aliphatic heterocycles. The van der Waals surface area contributed by atoms with Gasteiger partial charge in [-0.2, -0.15) is 5.26 Å². The maximum atomic E-state index is 11.5. The summed E-state index contributed by atoms with van der Waals surface area (Å²) < 4.78 is 5.55. The molecule has 1 fully saturated rings. The number of carbonyl (C=O) groups excluding carboxylic acids is 2. The molecule has 0 unspecified atom stereocenters. The number of hydrogen-bond acceptors (Lipinski definition) is 6. The lowest BCUT2D eigenvalue weighted by atomic mass is 10.2. The Morgan fingerprint density at radius 1 is 1.20 bits per heavy atom. The second-order valence-corrected chi connectivity index (χ2v) is 6.36. The molecule has 3 rings (SSSR count). The van der Waals surface area contributed by atoms with E-state index in [0.29, 0.717) is 16.9 Å². The fraction of sp³-hybridized carbons (Fsp3) is 0. The molecule has 25 heavy (non-hydrogen) atoms. The number of ether oxygens (including phenoxy) is 1. The van der Waals surface area contributed by atoms with Gasteiger partial charge < -0.3 is 9.84 Å². The minimum Gasteiger partial charge on any atom is -0.504 e. The molecular formula is C17H9ClN2O4S. The molecule has 1 saturated heterocycles. The van der Waals surface area contributed by atoms with Crippen molar-refractivity contribution in [3.05, 3.63) is 57.5 Å². The highest BCUT2D eigenvalue weighted by Crippen LogP contribution is 2.36. The number of aromatic hydroxyl groups is 1. The topological polar surface area (TPSA) is 99.4 Å². The molecule has 0 bridgehead atoms. The van der Waals surface area contributed by atoms with Gasteiger partial charge in [0.05, 0.1) is 21.6 Å². The number of hydrogen-bond donors (Lipinski definition) is 2. The standard InChI is InChI=1S/C17H9ClN2O4S/c18-11-5-10(8-19)2-3-13(11)24-14-4-1-9(6-12(14)21)7-15-16(22)20-17(23)25-15/h1-7,21H,(H,20,22,23)/b15-7-. The van der Waals surface area contributed by atoms with E-state index < -0.39 is 11.1 Å². The number of phenols is 1. The van der Waals surface area contributed by atoms with Crippen LogP contribution in [0.2, 0.25) is 5.02 Å². The van der Waals surface area contributed by atoms with E-state index >= 15 is 0 Å². The number of thioether (sulfide) groups is 1. The Morgan fingerprint density at radius 2 is 1.96 bits per heavy atom. The van der Waals surface area contributed by atoms with Crippen LogP contribution in [0.25, 0.3) is 6.08 Å². The van der Waals surface area contributed by atoms with Gasteiger partial charge in [0.25, 0.3) is 11.1 Å². The molecule has 0 atom stereocenters. The van der Waals surface area contributed by atoms with E-state index in [-0.39, 0.29) is 21.4 Å². The highest BCUT2D eigenvalue weighted by molar-refractivity contribution is 8.18. The van der Waals surface area contributed by atoms with Crippen molar-refractivity contribution in [1.29, 1.82) is 5.26 Å². The molecule has 0 radical (unpaired) electrons. The molecule has 1 heterocycles. The largest absolute Gasteiger partial charge is 0.504 e. The summed E-state index contributed by atoms with van der Waals surface area (Å²) in [5, 5.41) is 20.9. The third kappa shape index (κ3) is 3.76. The third-order valence-corrected chi connectivity index (χ3v) is 4.31. The first kappa shape index (κ1) is 16.9. The molecule has 2 aromatic carbocycles. The zero-order valence-corrected chi connectivity index (χ0v) is 14.0. The molecular weight excluding hydrogens is 364 g/mol. The van der Waals surface area contributed by atoms with Crippen molar-refractivity contribution in [3.63, 3.8) is 0 Å². The summed E-state index contributed by atoms with van der Waals surface area (Å²) >= 11 is 6.83. The number of amides is 2. The van der Waals surface area contributed by atoms with Gasteiger partial charge in [-0.3, -0.25) is 14.9 Å². The van der Waals surface area contributed by atoms with Crippen LogP contribution in [-0.4, -0.2) is 16.3 Å². The van der Waals surface area contributed by atoms with Crippen molar-refractivity contribution in [2.45, 2.75) is 0 Å². The minimum absolute atomic E-state index is 0.161. The van der Waals surface area contributed by atoms with E-state index in [9.17, 15) is 14.7 Å². The van der Waals surface area contributed by atoms with Crippen LogP contribution >= 0.6 is 23.4 Å². The van der Waals surface area contributed by atoms with Crippen LogP contribution in [0.1, 0.15) is 11.1 Å². The summed E-state index contributed by atoms with van der Waals surface area (Å²) in [4.78, 5) is 22.9. The van der Waals surface area contributed by atoms with Gasteiger partial charge in [0.1, 0.15) is 5.75 Å². The first-order valence-electron chi connectivity index (χ1n) is 6.91. The molecule has 0 saturated carbocycles. The molecule has 0 spiro atoms. The first-order valence-corrected chi connectivity index (χ1v) is 8.11. The van der Waals surface area contributed by atoms with Gasteiger partial charge in [-0.05, 0) is 53.7 Å². The zero-order valence-electron chi connectivity index (χ0n) is 12.4. The van der Waals surface area contributed by atoms with E-state index in [2.05, 4.69) is 5.32 Å². The maximum Gasteiger partial charge on any atom is 0.290 e. The molecule has 1 aliphatic rings. The number of nitrogens with one attached hydrogen (secondary N) is 1. The summed E-state index contributed by atoms with van der Waals surface area (Å²) in [5.74, 6) is -0.185. The second-order valence-electron chi connectivity index (χ2n) is 4.94. The molecule has 2 aromatic rings. The molecule has 0 aliphatic carbocycles. The van der Waals surface area contributed by atoms with Crippen molar-refractivity contribution >= 4 is 40.6 Å². The van der Waals surface area contributed by atoms with Crippen LogP contribution in [0.5, 0.6) is 17.2 Å². The fourth-order valence-corrected chi connectivity index (χ4v) is 2.96. The third-order valence-electron chi connectivity index (χ3n) is 3.20. The van der Waals surface area contributed by atoms with E-state index in [1.165, 1.54) is 30.3 Å². The smallest absolute Gasteiger partial charge is 0.290 e. The lowest BCUT2D eigenvalue weighted by Crippen LogP contribution is -2.17. The average molecular weight is 373 g/mol. The predicted molar refractivity (Wildman–Crippen MR) is 93.5 cm³/mol. The summed E-state index contributed by atoms with van der Waals surface area (Å²) in [6.45, 7) is 0. The molecule has 6 nitrogen and oxygen atoms in total. The number of halogens is 1. The van der Waals surface area contributed by atoms with E-state index in [0.717, 1.165) is 11.8 Å². The van der Waals surface area contributed by atoms with Gasteiger partial charge in [0, 0.05) is 0 Å². The Bertz CT molecular complexity index is 966. The van der Waals surface area contributed by atoms with Crippen LogP contribution < -0.4 is 10.1 Å². The maximum absolute atomic E-state index is 11.5. The minimum atomic E-state index is -0.473. The number of imide groups is 1. The summed E-state index contributed by atoms with van der Waals surface area (Å²) in [5.41, 5.74) is 0.925. The van der Waals surface area contributed by atoms with Crippen molar-refractivity contribution in [3.8, 4) is 23.3 Å². The van der Waals surface area contributed by atoms with Crippen molar-refractivity contribution in [1.82, 2.24) is 5.32 Å². The highest BCUT2D eigenvalue weighted by Gasteiger charge is 2.25. The van der Waals surface area contributed by atoms with Gasteiger partial charge >= 0.3 is 0 Å². The summed E-state index contributed by atoms with van der Waals surface area (Å²) in [6, 6.07) is 11.0. The molecule has 2 N–H and O–H groups in total. The molecule has 124 valence electrons. The van der Waals surface area contributed by atoms with Crippen LogP contribution in [0.4, 0.5) is 4.79 Å². The fourth-order valence-electron chi connectivity index (χ4n) is 2.05. The second kappa shape index (κ2) is 6.89. The Morgan fingerprint density at radius 3 is 2.56 bits per heavy atom. The number of benzene rings is 2. The average Bonchev–Trinajstić information content (AvgIpc) is 2.89. The summed E-state index contributed by atoms with van der Waals surface area (Å²) in [6.07, 6.45) is 1.49. The number of rotatable bonds is 3. The molecule has 0 aromatic heterocycles. The van der Waals surface area contributed by atoms with E-state index in [4.69, 9.17) is 21.6 Å². The van der Waals surface area contributed by atoms with E-state index in [1.807, 2.05) is 6.07 Å². The van der Waals surface area contributed by atoms with Crippen molar-refractivity contribution < 1.29 is 19.4 Å². The predicted octanol–water partition coefficient (Wildman–Crippen LogP) is 4.03.